The van der Waals surface area contributed by atoms with Crippen molar-refractivity contribution in [1.82, 2.24) is 0 Å². The number of methoxy groups -OCH3 is 1. The van der Waals surface area contributed by atoms with Crippen LogP contribution in [0, 0.1) is 0 Å². The Kier molecular flexibility index (Phi) is 2.83. The maximum atomic E-state index is 11.9. The highest BCUT2D eigenvalue weighted by Crippen LogP contribution is 2.33. The predicted octanol–water partition coefficient (Wildman–Crippen LogP) is 1.19. The summed E-state index contributed by atoms with van der Waals surface area (Å²) in [6, 6.07) is 5.84. The van der Waals surface area contributed by atoms with Gasteiger partial charge in [-0.25, -0.2) is 0 Å². The molecule has 0 radical (unpaired) electrons. The first-order valence-electron chi connectivity index (χ1n) is 5.33. The second kappa shape index (κ2) is 4.14. The molecule has 1 aliphatic rings. The zero-order valence-electron chi connectivity index (χ0n) is 9.56. The van der Waals surface area contributed by atoms with Crippen LogP contribution in [0.5, 0.6) is 0 Å². The van der Waals surface area contributed by atoms with Crippen LogP contribution in [-0.4, -0.2) is 25.7 Å². The molecule has 1 aromatic rings. The number of carbonyl (C=O) groups excluding carboxylic acids is 1. The highest BCUT2D eigenvalue weighted by Gasteiger charge is 2.30. The largest absolute Gasteiger partial charge is 0.399 e. The molecule has 16 heavy (non-hydrogen) atoms. The van der Waals surface area contributed by atoms with Gasteiger partial charge in [0.05, 0.1) is 0 Å². The molecule has 0 saturated heterocycles. The predicted molar refractivity (Wildman–Crippen MR) is 63.4 cm³/mol. The molecule has 1 atom stereocenters. The van der Waals surface area contributed by atoms with Crippen molar-refractivity contribution in [3.63, 3.8) is 0 Å². The minimum absolute atomic E-state index is 0.00137. The van der Waals surface area contributed by atoms with Crippen LogP contribution in [0.3, 0.4) is 0 Å². The quantitative estimate of drug-likeness (QED) is 0.762. The van der Waals surface area contributed by atoms with Crippen molar-refractivity contribution in [2.45, 2.75) is 19.4 Å². The number of anilines is 2. The number of nitrogen functional groups attached to an aromatic ring is 1. The van der Waals surface area contributed by atoms with Crippen LogP contribution in [0.4, 0.5) is 11.4 Å². The van der Waals surface area contributed by atoms with E-state index < -0.39 is 0 Å². The maximum Gasteiger partial charge on any atom is 0.253 e. The Bertz CT molecular complexity index is 417. The molecule has 0 aliphatic carbocycles. The summed E-state index contributed by atoms with van der Waals surface area (Å²) in [5.41, 5.74) is 8.57. The molecular formula is C12H16N2O2. The summed E-state index contributed by atoms with van der Waals surface area (Å²) in [5, 5.41) is 0. The number of rotatable bonds is 2. The Balaban J connectivity index is 2.32. The van der Waals surface area contributed by atoms with Crippen LogP contribution in [-0.2, 0) is 16.0 Å². The van der Waals surface area contributed by atoms with Gasteiger partial charge in [-0.3, -0.25) is 4.79 Å². The van der Waals surface area contributed by atoms with Crippen LogP contribution in [0.2, 0.25) is 0 Å². The SMILES string of the molecule is COCC(=O)N1c2ccc(N)cc2CC1C. The molecule has 0 fully saturated rings. The number of amides is 1. The normalized spacial score (nSPS) is 18.6. The van der Waals surface area contributed by atoms with Crippen LogP contribution in [0.1, 0.15) is 12.5 Å². The molecule has 0 bridgehead atoms. The topological polar surface area (TPSA) is 55.6 Å². The van der Waals surface area contributed by atoms with Crippen molar-refractivity contribution in [3.8, 4) is 0 Å². The lowest BCUT2D eigenvalue weighted by Crippen LogP contribution is -2.38. The summed E-state index contributed by atoms with van der Waals surface area (Å²) in [6.45, 7) is 2.15. The Hall–Kier alpha value is -1.55. The number of fused-ring (bicyclic) bond motifs is 1. The van der Waals surface area contributed by atoms with Crippen molar-refractivity contribution in [2.24, 2.45) is 0 Å². The van der Waals surface area contributed by atoms with Gasteiger partial charge >= 0.3 is 0 Å². The second-order valence-electron chi connectivity index (χ2n) is 4.14. The van der Waals surface area contributed by atoms with E-state index in [1.807, 2.05) is 25.1 Å². The highest BCUT2D eigenvalue weighted by molar-refractivity contribution is 5.97. The van der Waals surface area contributed by atoms with E-state index in [2.05, 4.69) is 0 Å². The molecule has 0 saturated carbocycles. The van der Waals surface area contributed by atoms with Gasteiger partial charge in [-0.2, -0.15) is 0 Å². The van der Waals surface area contributed by atoms with E-state index in [-0.39, 0.29) is 18.6 Å². The smallest absolute Gasteiger partial charge is 0.253 e. The molecule has 1 amide bonds. The van der Waals surface area contributed by atoms with Crippen molar-refractivity contribution in [3.05, 3.63) is 23.8 Å². The van der Waals surface area contributed by atoms with Crippen molar-refractivity contribution < 1.29 is 9.53 Å². The molecule has 1 aliphatic heterocycles. The fourth-order valence-electron chi connectivity index (χ4n) is 2.22. The van der Waals surface area contributed by atoms with E-state index in [0.29, 0.717) is 0 Å². The third kappa shape index (κ3) is 1.76. The van der Waals surface area contributed by atoms with Gasteiger partial charge in [0.15, 0.2) is 0 Å². The molecule has 2 N–H and O–H groups in total. The van der Waals surface area contributed by atoms with Gasteiger partial charge < -0.3 is 15.4 Å². The molecule has 1 aromatic carbocycles. The molecule has 86 valence electrons. The Morgan fingerprint density at radius 3 is 3.06 bits per heavy atom. The summed E-state index contributed by atoms with van der Waals surface area (Å²) >= 11 is 0. The Labute approximate surface area is 95.0 Å². The van der Waals surface area contributed by atoms with E-state index in [0.717, 1.165) is 23.4 Å². The van der Waals surface area contributed by atoms with Crippen LogP contribution < -0.4 is 10.6 Å². The van der Waals surface area contributed by atoms with E-state index in [4.69, 9.17) is 10.5 Å². The monoisotopic (exact) mass is 220 g/mol. The van der Waals surface area contributed by atoms with E-state index in [1.165, 1.54) is 7.11 Å². The van der Waals surface area contributed by atoms with Gasteiger partial charge in [-0.15, -0.1) is 0 Å². The Morgan fingerprint density at radius 2 is 2.38 bits per heavy atom. The Morgan fingerprint density at radius 1 is 1.62 bits per heavy atom. The average Bonchev–Trinajstić information content (AvgIpc) is 2.53. The summed E-state index contributed by atoms with van der Waals surface area (Å²) in [5.74, 6) is -0.00137. The summed E-state index contributed by atoms with van der Waals surface area (Å²) in [7, 11) is 1.53. The summed E-state index contributed by atoms with van der Waals surface area (Å²) in [6.07, 6.45) is 0.857. The maximum absolute atomic E-state index is 11.9. The molecule has 4 heteroatoms. The van der Waals surface area contributed by atoms with Crippen molar-refractivity contribution in [2.75, 3.05) is 24.4 Å². The van der Waals surface area contributed by atoms with Crippen LogP contribution >= 0.6 is 0 Å². The zero-order chi connectivity index (χ0) is 11.7. The first-order chi connectivity index (χ1) is 7.63. The number of ether oxygens (including phenoxy) is 1. The molecule has 1 unspecified atom stereocenters. The lowest BCUT2D eigenvalue weighted by atomic mass is 10.1. The summed E-state index contributed by atoms with van der Waals surface area (Å²) < 4.78 is 4.89. The van der Waals surface area contributed by atoms with Gasteiger partial charge in [-0.05, 0) is 37.1 Å². The highest BCUT2D eigenvalue weighted by atomic mass is 16.5. The minimum atomic E-state index is -0.00137. The number of nitrogens with zero attached hydrogens (tertiary/aromatic N) is 1. The number of hydrogen-bond donors (Lipinski definition) is 1. The van der Waals surface area contributed by atoms with Crippen molar-refractivity contribution in [1.29, 1.82) is 0 Å². The van der Waals surface area contributed by atoms with Crippen LogP contribution in [0.25, 0.3) is 0 Å². The van der Waals surface area contributed by atoms with Gasteiger partial charge in [0, 0.05) is 24.5 Å². The van der Waals surface area contributed by atoms with E-state index in [9.17, 15) is 4.79 Å². The lowest BCUT2D eigenvalue weighted by Gasteiger charge is -2.22. The van der Waals surface area contributed by atoms with Gasteiger partial charge in [0.1, 0.15) is 6.61 Å². The molecule has 0 spiro atoms. The summed E-state index contributed by atoms with van der Waals surface area (Å²) in [4.78, 5) is 13.7. The van der Waals surface area contributed by atoms with Gasteiger partial charge in [-0.1, -0.05) is 0 Å². The standard InChI is InChI=1S/C12H16N2O2/c1-8-5-9-6-10(13)3-4-11(9)14(8)12(15)7-16-2/h3-4,6,8H,5,7,13H2,1-2H3. The van der Waals surface area contributed by atoms with E-state index in [1.54, 1.807) is 4.90 Å². The molecule has 2 rings (SSSR count). The fraction of sp³-hybridized carbons (Fsp3) is 0.417. The van der Waals surface area contributed by atoms with Crippen LogP contribution in [0.15, 0.2) is 18.2 Å². The molecule has 4 nitrogen and oxygen atoms in total. The first-order valence-corrected chi connectivity index (χ1v) is 5.33. The number of carbonyl (C=O) groups is 1. The number of nitrogens with two attached hydrogens (primary N) is 1. The zero-order valence-corrected chi connectivity index (χ0v) is 9.56. The van der Waals surface area contributed by atoms with Gasteiger partial charge in [0.2, 0.25) is 0 Å². The number of hydrogen-bond acceptors (Lipinski definition) is 3. The van der Waals surface area contributed by atoms with Gasteiger partial charge in [0.25, 0.3) is 5.91 Å². The molecule has 1 heterocycles. The average molecular weight is 220 g/mol. The van der Waals surface area contributed by atoms with E-state index >= 15 is 0 Å². The third-order valence-corrected chi connectivity index (χ3v) is 2.86. The lowest BCUT2D eigenvalue weighted by molar-refractivity contribution is -0.122. The fourth-order valence-corrected chi connectivity index (χ4v) is 2.22. The molecule has 0 aromatic heterocycles. The second-order valence-corrected chi connectivity index (χ2v) is 4.14. The first kappa shape index (κ1) is 11.0. The minimum Gasteiger partial charge on any atom is -0.399 e. The molecular weight excluding hydrogens is 204 g/mol. The third-order valence-electron chi connectivity index (χ3n) is 2.86. The van der Waals surface area contributed by atoms with Crippen molar-refractivity contribution >= 4 is 17.3 Å². The number of benzene rings is 1.